The average molecular weight is 439 g/mol. The molecular weight excluding hydrogens is 416 g/mol. The molecule has 1 aliphatic heterocycles. The molecular formula is C22H22N4O4S. The number of rotatable bonds is 7. The van der Waals surface area contributed by atoms with E-state index in [0.717, 1.165) is 44.6 Å². The van der Waals surface area contributed by atoms with Gasteiger partial charge in [0.1, 0.15) is 12.3 Å². The van der Waals surface area contributed by atoms with Gasteiger partial charge in [-0.25, -0.2) is 0 Å². The predicted molar refractivity (Wildman–Crippen MR) is 120 cm³/mol. The van der Waals surface area contributed by atoms with Gasteiger partial charge in [0.2, 0.25) is 5.91 Å². The fourth-order valence-corrected chi connectivity index (χ4v) is 4.25. The minimum atomic E-state index is -0.449. The first kappa shape index (κ1) is 20.8. The van der Waals surface area contributed by atoms with Crippen LogP contribution in [0.3, 0.4) is 0 Å². The number of H-pyrrole nitrogens is 1. The van der Waals surface area contributed by atoms with Crippen molar-refractivity contribution >= 4 is 45.8 Å². The number of aromatic amines is 1. The lowest BCUT2D eigenvalue weighted by Crippen LogP contribution is -2.40. The Morgan fingerprint density at radius 2 is 2.13 bits per heavy atom. The quantitative estimate of drug-likeness (QED) is 0.553. The minimum absolute atomic E-state index is 0.295. The highest BCUT2D eigenvalue weighted by Crippen LogP contribution is 2.32. The van der Waals surface area contributed by atoms with Gasteiger partial charge in [0, 0.05) is 42.6 Å². The van der Waals surface area contributed by atoms with Crippen molar-refractivity contribution in [3.8, 4) is 5.75 Å². The number of carbonyl (C=O) groups excluding carboxylic acids is 3. The van der Waals surface area contributed by atoms with Gasteiger partial charge in [-0.3, -0.25) is 19.3 Å². The fraction of sp³-hybridized carbons (Fsp3) is 0.227. The number of amides is 3. The molecule has 4 rings (SSSR count). The highest BCUT2D eigenvalue weighted by Gasteiger charge is 2.36. The van der Waals surface area contributed by atoms with E-state index in [0.29, 0.717) is 17.9 Å². The second kappa shape index (κ2) is 8.73. The molecule has 2 N–H and O–H groups in total. The summed E-state index contributed by atoms with van der Waals surface area (Å²) >= 11 is 0.847. The van der Waals surface area contributed by atoms with Crippen molar-refractivity contribution in [2.45, 2.75) is 6.42 Å². The van der Waals surface area contributed by atoms with E-state index in [1.165, 1.54) is 0 Å². The summed E-state index contributed by atoms with van der Waals surface area (Å²) in [5.74, 6) is -0.0601. The topological polar surface area (TPSA) is 96.4 Å². The van der Waals surface area contributed by atoms with E-state index < -0.39 is 11.1 Å². The Bertz CT molecular complexity index is 1190. The van der Waals surface area contributed by atoms with E-state index in [2.05, 4.69) is 10.3 Å². The van der Waals surface area contributed by atoms with Gasteiger partial charge in [-0.2, -0.15) is 0 Å². The number of nitrogens with one attached hydrogen (secondary N) is 2. The van der Waals surface area contributed by atoms with Gasteiger partial charge in [-0.1, -0.05) is 0 Å². The number of aryl methyl sites for hydroxylation is 1. The van der Waals surface area contributed by atoms with Gasteiger partial charge >= 0.3 is 0 Å². The molecule has 31 heavy (non-hydrogen) atoms. The summed E-state index contributed by atoms with van der Waals surface area (Å²) in [5, 5.41) is 3.38. The van der Waals surface area contributed by atoms with Crippen LogP contribution in [0.15, 0.2) is 47.6 Å². The summed E-state index contributed by atoms with van der Waals surface area (Å²) in [7, 11) is 3.47. The molecule has 1 aromatic carbocycles. The van der Waals surface area contributed by atoms with Crippen LogP contribution in [0.25, 0.3) is 17.0 Å². The average Bonchev–Trinajstić information content (AvgIpc) is 3.42. The number of nitrogens with zero attached hydrogens (tertiary/aromatic N) is 2. The molecule has 3 amide bonds. The van der Waals surface area contributed by atoms with E-state index in [1.54, 1.807) is 13.2 Å². The van der Waals surface area contributed by atoms with Crippen molar-refractivity contribution in [2.75, 3.05) is 20.2 Å². The molecule has 160 valence electrons. The molecule has 0 atom stereocenters. The molecule has 0 unspecified atom stereocenters. The van der Waals surface area contributed by atoms with Crippen LogP contribution in [-0.4, -0.2) is 51.7 Å². The monoisotopic (exact) mass is 438 g/mol. The van der Waals surface area contributed by atoms with E-state index in [-0.39, 0.29) is 12.5 Å². The molecule has 3 heterocycles. The standard InChI is InChI=1S/C22H22N4O4S/c1-25-9-3-4-15(25)10-19-21(28)26(22(29)31-19)13-20(27)23-8-7-14-12-24-18-6-5-16(30-2)11-17(14)18/h3-6,9-12,24H,7-8,13H2,1-2H3,(H,23,27). The number of hydrogen-bond donors (Lipinski definition) is 2. The number of benzene rings is 1. The number of imide groups is 1. The smallest absolute Gasteiger partial charge is 0.294 e. The number of hydrogen-bond acceptors (Lipinski definition) is 5. The highest BCUT2D eigenvalue weighted by molar-refractivity contribution is 8.18. The van der Waals surface area contributed by atoms with E-state index in [9.17, 15) is 14.4 Å². The van der Waals surface area contributed by atoms with Crippen LogP contribution in [0.1, 0.15) is 11.3 Å². The number of aromatic nitrogens is 2. The first-order valence-electron chi connectivity index (χ1n) is 9.73. The largest absolute Gasteiger partial charge is 0.497 e. The predicted octanol–water partition coefficient (Wildman–Crippen LogP) is 2.91. The van der Waals surface area contributed by atoms with Crippen LogP contribution < -0.4 is 10.1 Å². The van der Waals surface area contributed by atoms with Crippen LogP contribution in [0.5, 0.6) is 5.75 Å². The Morgan fingerprint density at radius 3 is 2.87 bits per heavy atom. The Hall–Kier alpha value is -3.46. The molecule has 0 bridgehead atoms. The Morgan fingerprint density at radius 1 is 1.29 bits per heavy atom. The van der Waals surface area contributed by atoms with Crippen molar-refractivity contribution in [1.29, 1.82) is 0 Å². The van der Waals surface area contributed by atoms with Gasteiger partial charge in [0.05, 0.1) is 12.0 Å². The third kappa shape index (κ3) is 4.36. The summed E-state index contributed by atoms with van der Waals surface area (Å²) < 4.78 is 7.12. The Kier molecular flexibility index (Phi) is 5.85. The van der Waals surface area contributed by atoms with E-state index in [4.69, 9.17) is 4.74 Å². The van der Waals surface area contributed by atoms with Gasteiger partial charge in [0.25, 0.3) is 11.1 Å². The summed E-state index contributed by atoms with van der Waals surface area (Å²) in [6, 6.07) is 9.47. The lowest BCUT2D eigenvalue weighted by molar-refractivity contribution is -0.129. The lowest BCUT2D eigenvalue weighted by Gasteiger charge is -2.12. The zero-order valence-electron chi connectivity index (χ0n) is 17.2. The zero-order chi connectivity index (χ0) is 22.0. The third-order valence-corrected chi connectivity index (χ3v) is 6.04. The summed E-state index contributed by atoms with van der Waals surface area (Å²) in [6.45, 7) is 0.0925. The number of ether oxygens (including phenoxy) is 1. The molecule has 2 aromatic heterocycles. The second-order valence-corrected chi connectivity index (χ2v) is 8.13. The molecule has 1 fully saturated rings. The lowest BCUT2D eigenvalue weighted by atomic mass is 10.1. The zero-order valence-corrected chi connectivity index (χ0v) is 18.0. The summed E-state index contributed by atoms with van der Waals surface area (Å²) in [6.07, 6.45) is 6.02. The van der Waals surface area contributed by atoms with Crippen molar-refractivity contribution in [1.82, 2.24) is 19.8 Å². The van der Waals surface area contributed by atoms with E-state index >= 15 is 0 Å². The molecule has 3 aromatic rings. The van der Waals surface area contributed by atoms with Crippen LogP contribution in [0.4, 0.5) is 4.79 Å². The van der Waals surface area contributed by atoms with Gasteiger partial charge < -0.3 is 19.6 Å². The highest BCUT2D eigenvalue weighted by atomic mass is 32.2. The third-order valence-electron chi connectivity index (χ3n) is 5.13. The molecule has 9 heteroatoms. The maximum Gasteiger partial charge on any atom is 0.294 e. The Balaban J connectivity index is 1.34. The van der Waals surface area contributed by atoms with Crippen molar-refractivity contribution in [3.63, 3.8) is 0 Å². The van der Waals surface area contributed by atoms with Crippen LogP contribution in [0, 0.1) is 0 Å². The van der Waals surface area contributed by atoms with E-state index in [1.807, 2.05) is 54.3 Å². The molecule has 0 aliphatic carbocycles. The Labute approximate surface area is 183 Å². The first-order chi connectivity index (χ1) is 15.0. The van der Waals surface area contributed by atoms with Gasteiger partial charge in [0.15, 0.2) is 0 Å². The number of thioether (sulfide) groups is 1. The first-order valence-corrected chi connectivity index (χ1v) is 10.6. The number of carbonyl (C=O) groups is 3. The van der Waals surface area contributed by atoms with Crippen molar-refractivity contribution < 1.29 is 19.1 Å². The maximum atomic E-state index is 12.6. The molecule has 8 nitrogen and oxygen atoms in total. The molecule has 1 aliphatic rings. The fourth-order valence-electron chi connectivity index (χ4n) is 3.42. The molecule has 1 saturated heterocycles. The second-order valence-electron chi connectivity index (χ2n) is 7.14. The number of methoxy groups -OCH3 is 1. The van der Waals surface area contributed by atoms with Crippen molar-refractivity contribution in [3.05, 3.63) is 58.9 Å². The SMILES string of the molecule is COc1ccc2[nH]cc(CCNC(=O)CN3C(=O)SC(=Cc4cccn4C)C3=O)c2c1. The van der Waals surface area contributed by atoms with Crippen LogP contribution in [0.2, 0.25) is 0 Å². The maximum absolute atomic E-state index is 12.6. The normalized spacial score (nSPS) is 15.3. The van der Waals surface area contributed by atoms with Crippen LogP contribution >= 0.6 is 11.8 Å². The van der Waals surface area contributed by atoms with Crippen molar-refractivity contribution in [2.24, 2.45) is 7.05 Å². The van der Waals surface area contributed by atoms with Gasteiger partial charge in [-0.05, 0) is 60.2 Å². The molecule has 0 radical (unpaired) electrons. The van der Waals surface area contributed by atoms with Gasteiger partial charge in [-0.15, -0.1) is 0 Å². The molecule has 0 saturated carbocycles. The number of fused-ring (bicyclic) bond motifs is 1. The molecule has 0 spiro atoms. The summed E-state index contributed by atoms with van der Waals surface area (Å²) in [4.78, 5) is 41.6. The minimum Gasteiger partial charge on any atom is -0.497 e. The summed E-state index contributed by atoms with van der Waals surface area (Å²) in [5.41, 5.74) is 2.85. The van der Waals surface area contributed by atoms with Crippen LogP contribution in [-0.2, 0) is 23.1 Å².